The second-order valence-electron chi connectivity index (χ2n) is 5.60. The summed E-state index contributed by atoms with van der Waals surface area (Å²) in [5.74, 6) is 0.661. The predicted molar refractivity (Wildman–Crippen MR) is 66.9 cm³/mol. The highest BCUT2D eigenvalue weighted by atomic mass is 16.4. The summed E-state index contributed by atoms with van der Waals surface area (Å²) in [5.41, 5.74) is 0.0650. The molecule has 0 aliphatic heterocycles. The standard InChI is InChI=1S/C12H22N4O/c1-5-16(9-6-7-9)11-15-14-10(17-11)8-13-12(2,3)4/h9,13H,5-8H2,1-4H3. The Hall–Kier alpha value is -1.10. The second-order valence-corrected chi connectivity index (χ2v) is 5.60. The van der Waals surface area contributed by atoms with E-state index in [0.717, 1.165) is 6.54 Å². The van der Waals surface area contributed by atoms with Crippen molar-refractivity contribution in [3.63, 3.8) is 0 Å². The topological polar surface area (TPSA) is 54.2 Å². The van der Waals surface area contributed by atoms with Crippen LogP contribution < -0.4 is 10.2 Å². The van der Waals surface area contributed by atoms with Gasteiger partial charge in [0.05, 0.1) is 6.54 Å². The third-order valence-electron chi connectivity index (χ3n) is 2.80. The first-order valence-electron chi connectivity index (χ1n) is 6.33. The quantitative estimate of drug-likeness (QED) is 0.849. The van der Waals surface area contributed by atoms with E-state index < -0.39 is 0 Å². The Morgan fingerprint density at radius 2 is 2.06 bits per heavy atom. The fraction of sp³-hybridized carbons (Fsp3) is 0.833. The third-order valence-corrected chi connectivity index (χ3v) is 2.80. The molecule has 5 nitrogen and oxygen atoms in total. The van der Waals surface area contributed by atoms with Crippen molar-refractivity contribution in [3.05, 3.63) is 5.89 Å². The Labute approximate surface area is 103 Å². The van der Waals surface area contributed by atoms with Crippen LogP contribution >= 0.6 is 0 Å². The van der Waals surface area contributed by atoms with E-state index in [1.807, 2.05) is 0 Å². The molecule has 1 aromatic heterocycles. The fourth-order valence-corrected chi connectivity index (χ4v) is 1.71. The van der Waals surface area contributed by atoms with Crippen LogP contribution in [0, 0.1) is 0 Å². The summed E-state index contributed by atoms with van der Waals surface area (Å²) >= 11 is 0. The van der Waals surface area contributed by atoms with Gasteiger partial charge in [0.1, 0.15) is 0 Å². The molecule has 0 radical (unpaired) electrons. The highest BCUT2D eigenvalue weighted by Crippen LogP contribution is 2.30. The smallest absolute Gasteiger partial charge is 0.318 e. The molecule has 0 spiro atoms. The van der Waals surface area contributed by atoms with Crippen molar-refractivity contribution < 1.29 is 4.42 Å². The number of hydrogen-bond acceptors (Lipinski definition) is 5. The second kappa shape index (κ2) is 4.64. The monoisotopic (exact) mass is 238 g/mol. The molecule has 0 aromatic carbocycles. The lowest BCUT2D eigenvalue weighted by Gasteiger charge is -2.19. The average molecular weight is 238 g/mol. The molecule has 1 fully saturated rings. The lowest BCUT2D eigenvalue weighted by atomic mass is 10.1. The van der Waals surface area contributed by atoms with Crippen LogP contribution in [0.4, 0.5) is 6.01 Å². The maximum Gasteiger partial charge on any atom is 0.318 e. The number of rotatable bonds is 5. The van der Waals surface area contributed by atoms with Gasteiger partial charge in [0.2, 0.25) is 5.89 Å². The van der Waals surface area contributed by atoms with E-state index in [1.54, 1.807) is 0 Å². The molecule has 0 unspecified atom stereocenters. The highest BCUT2D eigenvalue weighted by Gasteiger charge is 2.31. The van der Waals surface area contributed by atoms with Crippen LogP contribution in [0.3, 0.4) is 0 Å². The van der Waals surface area contributed by atoms with Gasteiger partial charge in [0, 0.05) is 18.1 Å². The van der Waals surface area contributed by atoms with Crippen LogP contribution in [-0.4, -0.2) is 28.3 Å². The minimum atomic E-state index is 0.0650. The van der Waals surface area contributed by atoms with E-state index >= 15 is 0 Å². The first-order chi connectivity index (χ1) is 7.99. The molecule has 0 amide bonds. The summed E-state index contributed by atoms with van der Waals surface area (Å²) in [7, 11) is 0. The molecule has 96 valence electrons. The number of nitrogens with zero attached hydrogens (tertiary/aromatic N) is 3. The van der Waals surface area contributed by atoms with Gasteiger partial charge in [0.15, 0.2) is 0 Å². The molecule has 0 saturated heterocycles. The lowest BCUT2D eigenvalue weighted by Crippen LogP contribution is -2.35. The minimum Gasteiger partial charge on any atom is -0.407 e. The number of anilines is 1. The maximum absolute atomic E-state index is 5.67. The zero-order valence-electron chi connectivity index (χ0n) is 11.2. The molecule has 1 N–H and O–H groups in total. The summed E-state index contributed by atoms with van der Waals surface area (Å²) in [6, 6.07) is 1.28. The van der Waals surface area contributed by atoms with Gasteiger partial charge in [-0.15, -0.1) is 5.10 Å². The molecule has 0 atom stereocenters. The molecule has 1 aromatic rings. The summed E-state index contributed by atoms with van der Waals surface area (Å²) in [6.45, 7) is 10.0. The summed E-state index contributed by atoms with van der Waals surface area (Å²) in [4.78, 5) is 2.19. The van der Waals surface area contributed by atoms with Crippen molar-refractivity contribution in [2.75, 3.05) is 11.4 Å². The van der Waals surface area contributed by atoms with E-state index in [2.05, 4.69) is 48.1 Å². The molecule has 5 heteroatoms. The van der Waals surface area contributed by atoms with Crippen LogP contribution in [0.5, 0.6) is 0 Å². The van der Waals surface area contributed by atoms with Gasteiger partial charge >= 0.3 is 6.01 Å². The van der Waals surface area contributed by atoms with Crippen LogP contribution in [0.2, 0.25) is 0 Å². The maximum atomic E-state index is 5.67. The lowest BCUT2D eigenvalue weighted by molar-refractivity contribution is 0.380. The van der Waals surface area contributed by atoms with Crippen LogP contribution in [0.1, 0.15) is 46.4 Å². The Kier molecular flexibility index (Phi) is 3.38. The SMILES string of the molecule is CCN(c1nnc(CNC(C)(C)C)o1)C1CC1. The summed E-state index contributed by atoms with van der Waals surface area (Å²) in [5, 5.41) is 11.5. The molecular formula is C12H22N4O. The Bertz CT molecular complexity index is 365. The average Bonchev–Trinajstić information content (AvgIpc) is 2.95. The largest absolute Gasteiger partial charge is 0.407 e. The summed E-state index contributed by atoms with van der Waals surface area (Å²) < 4.78 is 5.67. The zero-order valence-corrected chi connectivity index (χ0v) is 11.2. The first-order valence-corrected chi connectivity index (χ1v) is 6.33. The Balaban J connectivity index is 1.95. The van der Waals surface area contributed by atoms with Crippen LogP contribution in [-0.2, 0) is 6.54 Å². The molecule has 1 heterocycles. The van der Waals surface area contributed by atoms with E-state index in [4.69, 9.17) is 4.42 Å². The van der Waals surface area contributed by atoms with Gasteiger partial charge in [0.25, 0.3) is 0 Å². The van der Waals surface area contributed by atoms with E-state index in [0.29, 0.717) is 24.5 Å². The third kappa shape index (κ3) is 3.43. The van der Waals surface area contributed by atoms with Gasteiger partial charge in [-0.1, -0.05) is 5.10 Å². The normalized spacial score (nSPS) is 16.2. The molecule has 1 aliphatic rings. The fourth-order valence-electron chi connectivity index (χ4n) is 1.71. The Morgan fingerprint density at radius 1 is 1.35 bits per heavy atom. The number of aromatic nitrogens is 2. The zero-order chi connectivity index (χ0) is 12.5. The van der Waals surface area contributed by atoms with Gasteiger partial charge in [-0.25, -0.2) is 0 Å². The predicted octanol–water partition coefficient (Wildman–Crippen LogP) is 1.95. The van der Waals surface area contributed by atoms with Crippen molar-refractivity contribution in [1.29, 1.82) is 0 Å². The number of nitrogens with one attached hydrogen (secondary N) is 1. The van der Waals surface area contributed by atoms with Crippen LogP contribution in [0.25, 0.3) is 0 Å². The molecule has 1 saturated carbocycles. The van der Waals surface area contributed by atoms with Crippen molar-refractivity contribution in [2.45, 2.75) is 58.7 Å². The summed E-state index contributed by atoms with van der Waals surface area (Å²) in [6.07, 6.45) is 2.48. The molecule has 17 heavy (non-hydrogen) atoms. The van der Waals surface area contributed by atoms with Crippen LogP contribution in [0.15, 0.2) is 4.42 Å². The highest BCUT2D eigenvalue weighted by molar-refractivity contribution is 5.29. The molecular weight excluding hydrogens is 216 g/mol. The number of hydrogen-bond donors (Lipinski definition) is 1. The Morgan fingerprint density at radius 3 is 2.59 bits per heavy atom. The van der Waals surface area contributed by atoms with Gasteiger partial charge in [-0.2, -0.15) is 0 Å². The van der Waals surface area contributed by atoms with Crippen molar-refractivity contribution >= 4 is 6.01 Å². The van der Waals surface area contributed by atoms with E-state index in [-0.39, 0.29) is 5.54 Å². The van der Waals surface area contributed by atoms with Crippen molar-refractivity contribution in [3.8, 4) is 0 Å². The van der Waals surface area contributed by atoms with E-state index in [1.165, 1.54) is 12.8 Å². The molecule has 0 bridgehead atoms. The molecule has 2 rings (SSSR count). The first kappa shape index (κ1) is 12.4. The van der Waals surface area contributed by atoms with Gasteiger partial charge in [-0.3, -0.25) is 0 Å². The minimum absolute atomic E-state index is 0.0650. The van der Waals surface area contributed by atoms with Gasteiger partial charge in [-0.05, 0) is 40.5 Å². The van der Waals surface area contributed by atoms with Crippen molar-refractivity contribution in [1.82, 2.24) is 15.5 Å². The van der Waals surface area contributed by atoms with Gasteiger partial charge < -0.3 is 14.6 Å². The van der Waals surface area contributed by atoms with Crippen molar-refractivity contribution in [2.24, 2.45) is 0 Å². The molecule has 1 aliphatic carbocycles. The van der Waals surface area contributed by atoms with E-state index in [9.17, 15) is 0 Å².